The molecule has 0 radical (unpaired) electrons. The normalized spacial score (nSPS) is 22.4. The molecule has 1 aromatic carbocycles. The van der Waals surface area contributed by atoms with E-state index < -0.39 is 12.0 Å². The smallest absolute Gasteiger partial charge is 0.328 e. The molecule has 2 unspecified atom stereocenters. The molecule has 7 nitrogen and oxygen atoms in total. The summed E-state index contributed by atoms with van der Waals surface area (Å²) in [6.45, 7) is 3.59. The molecule has 2 saturated heterocycles. The van der Waals surface area contributed by atoms with Crippen LogP contribution in [0.1, 0.15) is 12.8 Å². The third kappa shape index (κ3) is 4.42. The molecule has 154 valence electrons. The minimum atomic E-state index is -0.934. The van der Waals surface area contributed by atoms with Gasteiger partial charge in [-0.3, -0.25) is 0 Å². The molecule has 2 atom stereocenters. The van der Waals surface area contributed by atoms with Crippen LogP contribution in [0, 0.1) is 5.82 Å². The Morgan fingerprint density at radius 2 is 2.00 bits per heavy atom. The number of carboxylic acid groups (broad SMARTS) is 1. The fraction of sp³-hybridized carbons (Fsp3) is 0.429. The Bertz CT molecular complexity index is 859. The van der Waals surface area contributed by atoms with Gasteiger partial charge in [0, 0.05) is 43.3 Å². The minimum absolute atomic E-state index is 0.336. The van der Waals surface area contributed by atoms with Crippen LogP contribution in [0.4, 0.5) is 21.6 Å². The Kier molecular flexibility index (Phi) is 5.80. The van der Waals surface area contributed by atoms with E-state index in [1.807, 2.05) is 12.1 Å². The number of nitrogens with zero attached hydrogens (tertiary/aromatic N) is 3. The highest BCUT2D eigenvalue weighted by Gasteiger charge is 2.37. The standard InChI is InChI=1S/C21H25FN4O3/c22-15-3-1-4-17(13-15)26-8-2-5-18(20(26)21(27)28)24-19-14-16(6-7-23-19)25-9-11-29-12-10-25/h1,3-4,6-7,13-14,18,20H,2,5,8-12H2,(H,23,24)(H,27,28). The average molecular weight is 400 g/mol. The summed E-state index contributed by atoms with van der Waals surface area (Å²) in [5.41, 5.74) is 1.62. The first-order valence-corrected chi connectivity index (χ1v) is 9.92. The molecule has 1 aromatic heterocycles. The van der Waals surface area contributed by atoms with E-state index in [4.69, 9.17) is 4.74 Å². The quantitative estimate of drug-likeness (QED) is 0.799. The third-order valence-electron chi connectivity index (χ3n) is 5.48. The van der Waals surface area contributed by atoms with E-state index in [2.05, 4.69) is 15.2 Å². The second kappa shape index (κ2) is 8.65. The summed E-state index contributed by atoms with van der Waals surface area (Å²) in [6, 6.07) is 8.86. The number of anilines is 3. The number of benzene rings is 1. The van der Waals surface area contributed by atoms with E-state index in [1.54, 1.807) is 23.2 Å². The lowest BCUT2D eigenvalue weighted by molar-refractivity contribution is -0.139. The molecule has 8 heteroatoms. The van der Waals surface area contributed by atoms with Crippen LogP contribution in [0.25, 0.3) is 0 Å². The van der Waals surface area contributed by atoms with Crippen LogP contribution < -0.4 is 15.1 Å². The van der Waals surface area contributed by atoms with Crippen molar-refractivity contribution in [1.29, 1.82) is 0 Å². The molecule has 2 aliphatic heterocycles. The van der Waals surface area contributed by atoms with Crippen LogP contribution in [0.5, 0.6) is 0 Å². The van der Waals surface area contributed by atoms with Crippen molar-refractivity contribution in [3.8, 4) is 0 Å². The van der Waals surface area contributed by atoms with E-state index in [1.165, 1.54) is 12.1 Å². The molecule has 0 amide bonds. The topological polar surface area (TPSA) is 77.9 Å². The number of carboxylic acids is 1. The maximum atomic E-state index is 13.7. The number of hydrogen-bond acceptors (Lipinski definition) is 6. The van der Waals surface area contributed by atoms with Crippen LogP contribution in [0.15, 0.2) is 42.6 Å². The Labute approximate surface area is 169 Å². The van der Waals surface area contributed by atoms with Gasteiger partial charge in [-0.1, -0.05) is 6.07 Å². The lowest BCUT2D eigenvalue weighted by Gasteiger charge is -2.40. The van der Waals surface area contributed by atoms with Gasteiger partial charge in [-0.05, 0) is 37.1 Å². The number of aromatic nitrogens is 1. The number of pyridine rings is 1. The summed E-state index contributed by atoms with van der Waals surface area (Å²) >= 11 is 0. The predicted octanol–water partition coefficient (Wildman–Crippen LogP) is 2.59. The van der Waals surface area contributed by atoms with Crippen molar-refractivity contribution in [3.63, 3.8) is 0 Å². The first-order valence-electron chi connectivity index (χ1n) is 9.92. The minimum Gasteiger partial charge on any atom is -0.480 e. The van der Waals surface area contributed by atoms with Crippen LogP contribution in [-0.2, 0) is 9.53 Å². The van der Waals surface area contributed by atoms with Gasteiger partial charge in [0.05, 0.1) is 19.3 Å². The van der Waals surface area contributed by atoms with Gasteiger partial charge in [-0.2, -0.15) is 0 Å². The second-order valence-electron chi connectivity index (χ2n) is 7.35. The molecule has 3 heterocycles. The molecule has 0 aliphatic carbocycles. The lowest BCUT2D eigenvalue weighted by atomic mass is 9.95. The van der Waals surface area contributed by atoms with Gasteiger partial charge >= 0.3 is 5.97 Å². The monoisotopic (exact) mass is 400 g/mol. The molecule has 0 saturated carbocycles. The lowest BCUT2D eigenvalue weighted by Crippen LogP contribution is -2.55. The number of hydrogen-bond donors (Lipinski definition) is 2. The summed E-state index contributed by atoms with van der Waals surface area (Å²) in [6.07, 6.45) is 3.24. The predicted molar refractivity (Wildman–Crippen MR) is 109 cm³/mol. The van der Waals surface area contributed by atoms with Crippen molar-refractivity contribution in [2.45, 2.75) is 24.9 Å². The van der Waals surface area contributed by atoms with Crippen molar-refractivity contribution in [2.75, 3.05) is 48.0 Å². The molecule has 29 heavy (non-hydrogen) atoms. The van der Waals surface area contributed by atoms with Crippen LogP contribution in [-0.4, -0.2) is 61.0 Å². The van der Waals surface area contributed by atoms with Gasteiger partial charge in [0.2, 0.25) is 0 Å². The Morgan fingerprint density at radius 1 is 1.17 bits per heavy atom. The summed E-state index contributed by atoms with van der Waals surface area (Å²) in [7, 11) is 0. The number of carbonyl (C=O) groups is 1. The van der Waals surface area contributed by atoms with E-state index in [9.17, 15) is 14.3 Å². The maximum absolute atomic E-state index is 13.7. The van der Waals surface area contributed by atoms with Crippen LogP contribution in [0.2, 0.25) is 0 Å². The Balaban J connectivity index is 1.55. The molecular weight excluding hydrogens is 375 g/mol. The zero-order valence-electron chi connectivity index (χ0n) is 16.1. The summed E-state index contributed by atoms with van der Waals surface area (Å²) in [5, 5.41) is 13.2. The fourth-order valence-corrected chi connectivity index (χ4v) is 4.10. The molecule has 2 aliphatic rings. The van der Waals surface area contributed by atoms with Crippen LogP contribution >= 0.6 is 0 Å². The van der Waals surface area contributed by atoms with Gasteiger partial charge in [-0.25, -0.2) is 14.2 Å². The first-order chi connectivity index (χ1) is 14.1. The van der Waals surface area contributed by atoms with Crippen molar-refractivity contribution >= 4 is 23.2 Å². The van der Waals surface area contributed by atoms with E-state index in [0.29, 0.717) is 37.7 Å². The molecule has 0 spiro atoms. The molecule has 2 N–H and O–H groups in total. The van der Waals surface area contributed by atoms with E-state index >= 15 is 0 Å². The number of rotatable bonds is 5. The SMILES string of the molecule is O=C(O)C1C(Nc2cc(N3CCOCC3)ccn2)CCCN1c1cccc(F)c1. The highest BCUT2D eigenvalue weighted by atomic mass is 19.1. The number of halogens is 1. The number of nitrogens with one attached hydrogen (secondary N) is 1. The van der Waals surface area contributed by atoms with Crippen LogP contribution in [0.3, 0.4) is 0 Å². The van der Waals surface area contributed by atoms with E-state index in [-0.39, 0.29) is 11.9 Å². The van der Waals surface area contributed by atoms with E-state index in [0.717, 1.165) is 25.2 Å². The highest BCUT2D eigenvalue weighted by Crippen LogP contribution is 2.28. The molecule has 2 aromatic rings. The van der Waals surface area contributed by atoms with Crippen molar-refractivity contribution in [1.82, 2.24) is 4.98 Å². The molecule has 4 rings (SSSR count). The fourth-order valence-electron chi connectivity index (χ4n) is 4.10. The van der Waals surface area contributed by atoms with Crippen molar-refractivity contribution in [3.05, 3.63) is 48.4 Å². The highest BCUT2D eigenvalue weighted by molar-refractivity contribution is 5.80. The van der Waals surface area contributed by atoms with Crippen molar-refractivity contribution < 1.29 is 19.0 Å². The Hall–Kier alpha value is -2.87. The maximum Gasteiger partial charge on any atom is 0.328 e. The molecular formula is C21H25FN4O3. The Morgan fingerprint density at radius 3 is 2.76 bits per heavy atom. The van der Waals surface area contributed by atoms with Gasteiger partial charge in [-0.15, -0.1) is 0 Å². The van der Waals surface area contributed by atoms with Crippen molar-refractivity contribution in [2.24, 2.45) is 0 Å². The summed E-state index contributed by atoms with van der Waals surface area (Å²) in [5.74, 6) is -0.663. The largest absolute Gasteiger partial charge is 0.480 e. The number of piperidine rings is 1. The third-order valence-corrected chi connectivity index (χ3v) is 5.48. The summed E-state index contributed by atoms with van der Waals surface area (Å²) in [4.78, 5) is 20.5. The van der Waals surface area contributed by atoms with Gasteiger partial charge < -0.3 is 25.0 Å². The zero-order valence-corrected chi connectivity index (χ0v) is 16.1. The molecule has 2 fully saturated rings. The first kappa shape index (κ1) is 19.4. The van der Waals surface area contributed by atoms with Gasteiger partial charge in [0.25, 0.3) is 0 Å². The number of ether oxygens (including phenoxy) is 1. The number of morpholine rings is 1. The summed E-state index contributed by atoms with van der Waals surface area (Å²) < 4.78 is 19.1. The van der Waals surface area contributed by atoms with Gasteiger partial charge in [0.15, 0.2) is 0 Å². The average Bonchev–Trinajstić information content (AvgIpc) is 2.74. The zero-order chi connectivity index (χ0) is 20.2. The van der Waals surface area contributed by atoms with Gasteiger partial charge in [0.1, 0.15) is 17.7 Å². The molecule has 0 bridgehead atoms. The second-order valence-corrected chi connectivity index (χ2v) is 7.35. The number of aliphatic carboxylic acids is 1.